The summed E-state index contributed by atoms with van der Waals surface area (Å²) in [5, 5.41) is 0. The summed E-state index contributed by atoms with van der Waals surface area (Å²) in [6, 6.07) is 6.63. The lowest BCUT2D eigenvalue weighted by molar-refractivity contribution is 0.906. The van der Waals surface area contributed by atoms with E-state index in [1.807, 2.05) is 0 Å². The normalized spacial score (nSPS) is 13.8. The zero-order valence-electron chi connectivity index (χ0n) is 8.66. The molecule has 72 valence electrons. The molecule has 0 saturated carbocycles. The number of benzene rings is 1. The predicted octanol–water partition coefficient (Wildman–Crippen LogP) is 3.76. The van der Waals surface area contributed by atoms with Crippen molar-refractivity contribution in [2.24, 2.45) is 0 Å². The Morgan fingerprint density at radius 1 is 1.21 bits per heavy atom. The van der Waals surface area contributed by atoms with E-state index < -0.39 is 0 Å². The third-order valence-electron chi connectivity index (χ3n) is 2.67. The lowest BCUT2D eigenvalue weighted by Gasteiger charge is -2.09. The Labute approximate surface area is 86.0 Å². The average molecular weight is 184 g/mol. The molecule has 0 heteroatoms. The van der Waals surface area contributed by atoms with Crippen LogP contribution in [0.3, 0.4) is 0 Å². The van der Waals surface area contributed by atoms with Crippen molar-refractivity contribution in [3.8, 4) is 0 Å². The van der Waals surface area contributed by atoms with Gasteiger partial charge in [0.2, 0.25) is 0 Å². The smallest absolute Gasteiger partial charge is 0.00857 e. The van der Waals surface area contributed by atoms with Gasteiger partial charge in [0.25, 0.3) is 0 Å². The summed E-state index contributed by atoms with van der Waals surface area (Å²) in [4.78, 5) is 0. The second kappa shape index (κ2) is 4.28. The van der Waals surface area contributed by atoms with Crippen LogP contribution < -0.4 is 0 Å². The van der Waals surface area contributed by atoms with Gasteiger partial charge >= 0.3 is 0 Å². The highest BCUT2D eigenvalue weighted by Gasteiger charge is 2.05. The van der Waals surface area contributed by atoms with Gasteiger partial charge in [0, 0.05) is 0 Å². The van der Waals surface area contributed by atoms with E-state index >= 15 is 0 Å². The van der Waals surface area contributed by atoms with Crippen molar-refractivity contribution in [2.75, 3.05) is 0 Å². The van der Waals surface area contributed by atoms with Crippen LogP contribution in [0, 0.1) is 0 Å². The molecule has 0 unspecified atom stereocenters. The number of allylic oxidation sites excluding steroid dienone is 3. The molecule has 0 bridgehead atoms. The SMILES string of the molecule is CCCc1cccc2c1CC=CC=C2. The molecule has 1 aromatic carbocycles. The van der Waals surface area contributed by atoms with Crippen LogP contribution in [0.2, 0.25) is 0 Å². The van der Waals surface area contributed by atoms with Crippen LogP contribution in [0.1, 0.15) is 30.0 Å². The molecule has 0 heterocycles. The molecule has 1 aliphatic carbocycles. The summed E-state index contributed by atoms with van der Waals surface area (Å²) < 4.78 is 0. The van der Waals surface area contributed by atoms with Crippen molar-refractivity contribution >= 4 is 6.08 Å². The fourth-order valence-corrected chi connectivity index (χ4v) is 1.99. The van der Waals surface area contributed by atoms with Gasteiger partial charge in [-0.1, -0.05) is 55.8 Å². The maximum atomic E-state index is 2.26. The largest absolute Gasteiger partial charge is 0.0801 e. The van der Waals surface area contributed by atoms with E-state index in [9.17, 15) is 0 Å². The molecule has 1 aliphatic rings. The summed E-state index contributed by atoms with van der Waals surface area (Å²) in [6.45, 7) is 2.24. The van der Waals surface area contributed by atoms with Crippen LogP contribution in [-0.4, -0.2) is 0 Å². The van der Waals surface area contributed by atoms with Crippen molar-refractivity contribution in [1.82, 2.24) is 0 Å². The van der Waals surface area contributed by atoms with Gasteiger partial charge in [-0.3, -0.25) is 0 Å². The minimum Gasteiger partial charge on any atom is -0.0801 e. The van der Waals surface area contributed by atoms with E-state index in [0.29, 0.717) is 0 Å². The van der Waals surface area contributed by atoms with E-state index in [1.54, 1.807) is 0 Å². The highest BCUT2D eigenvalue weighted by atomic mass is 14.1. The molecular formula is C14H16. The van der Waals surface area contributed by atoms with Crippen molar-refractivity contribution in [3.05, 3.63) is 53.1 Å². The van der Waals surface area contributed by atoms with Crippen LogP contribution >= 0.6 is 0 Å². The zero-order valence-corrected chi connectivity index (χ0v) is 8.66. The zero-order chi connectivity index (χ0) is 9.80. The Kier molecular flexibility index (Phi) is 2.83. The van der Waals surface area contributed by atoms with Crippen molar-refractivity contribution in [3.63, 3.8) is 0 Å². The molecular weight excluding hydrogens is 168 g/mol. The Morgan fingerprint density at radius 3 is 3.00 bits per heavy atom. The molecule has 0 aliphatic heterocycles. The maximum absolute atomic E-state index is 2.26. The van der Waals surface area contributed by atoms with E-state index in [-0.39, 0.29) is 0 Å². The van der Waals surface area contributed by atoms with Gasteiger partial charge in [0.05, 0.1) is 0 Å². The summed E-state index contributed by atoms with van der Waals surface area (Å²) in [6.07, 6.45) is 12.2. The van der Waals surface area contributed by atoms with Gasteiger partial charge in [-0.05, 0) is 29.5 Å². The first-order valence-corrected chi connectivity index (χ1v) is 5.36. The van der Waals surface area contributed by atoms with Crippen LogP contribution in [0.15, 0.2) is 36.4 Å². The highest BCUT2D eigenvalue weighted by Crippen LogP contribution is 2.21. The second-order valence-electron chi connectivity index (χ2n) is 3.73. The van der Waals surface area contributed by atoms with E-state index in [2.05, 4.69) is 49.4 Å². The molecule has 0 saturated heterocycles. The van der Waals surface area contributed by atoms with Crippen LogP contribution in [-0.2, 0) is 12.8 Å². The summed E-state index contributed by atoms with van der Waals surface area (Å²) in [7, 11) is 0. The van der Waals surface area contributed by atoms with Gasteiger partial charge in [0.1, 0.15) is 0 Å². The number of aryl methyl sites for hydroxylation is 1. The third-order valence-corrected chi connectivity index (χ3v) is 2.67. The monoisotopic (exact) mass is 184 g/mol. The number of fused-ring (bicyclic) bond motifs is 1. The Morgan fingerprint density at radius 2 is 2.14 bits per heavy atom. The molecule has 0 nitrogen and oxygen atoms in total. The molecule has 0 aromatic heterocycles. The number of hydrogen-bond acceptors (Lipinski definition) is 0. The van der Waals surface area contributed by atoms with Gasteiger partial charge in [0.15, 0.2) is 0 Å². The molecule has 0 spiro atoms. The number of hydrogen-bond donors (Lipinski definition) is 0. The van der Waals surface area contributed by atoms with Gasteiger partial charge < -0.3 is 0 Å². The van der Waals surface area contributed by atoms with Crippen molar-refractivity contribution < 1.29 is 0 Å². The summed E-state index contributed by atoms with van der Waals surface area (Å²) in [5.74, 6) is 0. The maximum Gasteiger partial charge on any atom is -0.00857 e. The molecule has 0 fully saturated rings. The first kappa shape index (κ1) is 9.26. The Hall–Kier alpha value is -1.30. The Balaban J connectivity index is 2.44. The van der Waals surface area contributed by atoms with E-state index in [0.717, 1.165) is 6.42 Å². The molecule has 1 aromatic rings. The summed E-state index contributed by atoms with van der Waals surface area (Å²) in [5.41, 5.74) is 4.42. The van der Waals surface area contributed by atoms with Gasteiger partial charge in [-0.15, -0.1) is 0 Å². The third kappa shape index (κ3) is 1.79. The van der Waals surface area contributed by atoms with Crippen LogP contribution in [0.4, 0.5) is 0 Å². The van der Waals surface area contributed by atoms with Gasteiger partial charge in [-0.25, -0.2) is 0 Å². The molecule has 2 rings (SSSR count). The molecule has 0 amide bonds. The first-order valence-electron chi connectivity index (χ1n) is 5.36. The Bertz CT molecular complexity index is 370. The topological polar surface area (TPSA) is 0 Å². The highest BCUT2D eigenvalue weighted by molar-refractivity contribution is 5.59. The predicted molar refractivity (Wildman–Crippen MR) is 62.3 cm³/mol. The van der Waals surface area contributed by atoms with Crippen molar-refractivity contribution in [1.29, 1.82) is 0 Å². The lowest BCUT2D eigenvalue weighted by atomic mass is 9.96. The molecule has 0 N–H and O–H groups in total. The molecule has 0 atom stereocenters. The fourth-order valence-electron chi connectivity index (χ4n) is 1.99. The number of rotatable bonds is 2. The minimum atomic E-state index is 1.08. The standard InChI is InChI=1S/C14H16/c1-2-7-12-9-6-10-13-8-4-3-5-11-14(12)13/h3-6,8-10H,2,7,11H2,1H3. The minimum absolute atomic E-state index is 1.08. The van der Waals surface area contributed by atoms with Gasteiger partial charge in [-0.2, -0.15) is 0 Å². The fraction of sp³-hybridized carbons (Fsp3) is 0.286. The van der Waals surface area contributed by atoms with Crippen LogP contribution in [0.5, 0.6) is 0 Å². The van der Waals surface area contributed by atoms with E-state index in [4.69, 9.17) is 0 Å². The molecule has 14 heavy (non-hydrogen) atoms. The molecule has 0 radical (unpaired) electrons. The summed E-state index contributed by atoms with van der Waals surface area (Å²) >= 11 is 0. The van der Waals surface area contributed by atoms with Crippen LogP contribution in [0.25, 0.3) is 6.08 Å². The lowest BCUT2D eigenvalue weighted by Crippen LogP contribution is -1.95. The van der Waals surface area contributed by atoms with E-state index in [1.165, 1.54) is 29.5 Å². The first-order chi connectivity index (χ1) is 6.92. The van der Waals surface area contributed by atoms with Crippen molar-refractivity contribution in [2.45, 2.75) is 26.2 Å². The second-order valence-corrected chi connectivity index (χ2v) is 3.73. The average Bonchev–Trinajstić information content (AvgIpc) is 2.44. The quantitative estimate of drug-likeness (QED) is 0.656.